The van der Waals surface area contributed by atoms with Gasteiger partial charge in [0.15, 0.2) is 11.5 Å². The maximum Gasteiger partial charge on any atom is 0.410 e. The molecule has 2 bridgehead atoms. The van der Waals surface area contributed by atoms with E-state index in [-0.39, 0.29) is 24.1 Å². The van der Waals surface area contributed by atoms with Crippen LogP contribution < -0.4 is 4.90 Å². The van der Waals surface area contributed by atoms with Crippen molar-refractivity contribution in [3.8, 4) is 22.4 Å². The molecule has 6 rings (SSSR count). The topological polar surface area (TPSA) is 94.3 Å². The van der Waals surface area contributed by atoms with Crippen LogP contribution in [0.3, 0.4) is 0 Å². The molecule has 10 nitrogen and oxygen atoms in total. The highest BCUT2D eigenvalue weighted by Gasteiger charge is 2.46. The number of benzene rings is 1. The van der Waals surface area contributed by atoms with Crippen LogP contribution in [0.4, 0.5) is 10.6 Å². The second kappa shape index (κ2) is 16.7. The molecule has 4 aromatic rings. The molecule has 2 fully saturated rings. The van der Waals surface area contributed by atoms with Crippen LogP contribution in [0.5, 0.6) is 0 Å². The van der Waals surface area contributed by atoms with Crippen molar-refractivity contribution in [1.82, 2.24) is 24.5 Å². The summed E-state index contributed by atoms with van der Waals surface area (Å²) in [6, 6.07) is 16.8. The lowest BCUT2D eigenvalue weighted by Crippen LogP contribution is -2.48. The molecule has 54 heavy (non-hydrogen) atoms. The fraction of sp³-hybridized carbons (Fsp3) is 0.561. The van der Waals surface area contributed by atoms with Crippen molar-refractivity contribution in [3.63, 3.8) is 0 Å². The molecule has 0 saturated carbocycles. The van der Waals surface area contributed by atoms with Crippen LogP contribution in [0.1, 0.15) is 58.1 Å². The molecule has 3 aromatic heterocycles. The number of pyridine rings is 1. The number of carbonyl (C=O) groups excluding carboxylic acids is 1. The number of nitrogens with zero attached hydrogens (tertiary/aromatic N) is 6. The maximum absolute atomic E-state index is 13.4. The summed E-state index contributed by atoms with van der Waals surface area (Å²) in [7, 11) is -2.57. The van der Waals surface area contributed by atoms with Crippen molar-refractivity contribution in [2.75, 3.05) is 31.6 Å². The van der Waals surface area contributed by atoms with Gasteiger partial charge in [-0.05, 0) is 87.2 Å². The SMILES string of the molecule is CC(C)(C)OC(=O)N1C2CC[C@@H]1CC(c1nc3c(-c4ccc(-c5ccccc5)nc4)cnn3c(N(COCC[Si](C)(C)C)COCC[Si](C)(C)C)c1I)C2. The van der Waals surface area contributed by atoms with Gasteiger partial charge in [-0.15, -0.1) is 0 Å². The number of hydrogen-bond acceptors (Lipinski definition) is 8. The first-order valence-electron chi connectivity index (χ1n) is 19.5. The first kappa shape index (κ1) is 40.8. The van der Waals surface area contributed by atoms with Crippen molar-refractivity contribution >= 4 is 56.3 Å². The molecule has 13 heteroatoms. The summed E-state index contributed by atoms with van der Waals surface area (Å²) >= 11 is 2.48. The Kier molecular flexibility index (Phi) is 12.6. The summed E-state index contributed by atoms with van der Waals surface area (Å²) in [5.41, 5.74) is 5.17. The Balaban J connectivity index is 1.40. The van der Waals surface area contributed by atoms with Crippen LogP contribution in [0, 0.1) is 3.57 Å². The van der Waals surface area contributed by atoms with E-state index in [0.717, 1.165) is 80.9 Å². The molecule has 0 N–H and O–H groups in total. The fourth-order valence-electron chi connectivity index (χ4n) is 7.33. The standard InChI is InChI=1S/C41H59IN6O4Si2/c1-41(2,3)52-40(49)47-32-16-17-33(47)24-31(23-32)37-36(42)39(46(27-50-19-21-53(4,5)6)28-51-20-22-54(7,8)9)48-38(45-37)34(26-44-48)30-15-18-35(43-25-30)29-13-11-10-12-14-29/h10-15,18,25-26,31-33H,16-17,19-24,27-28H2,1-9H3/t31?,32-,33?/m1/s1. The van der Waals surface area contributed by atoms with E-state index in [1.165, 1.54) is 0 Å². The number of ether oxygens (including phenoxy) is 3. The molecule has 5 heterocycles. The van der Waals surface area contributed by atoms with Crippen molar-refractivity contribution < 1.29 is 19.0 Å². The van der Waals surface area contributed by atoms with E-state index in [9.17, 15) is 4.79 Å². The average molecular weight is 883 g/mol. The van der Waals surface area contributed by atoms with Crippen molar-refractivity contribution in [2.45, 2.75) is 121 Å². The van der Waals surface area contributed by atoms with E-state index in [2.05, 4.69) is 91.0 Å². The molecule has 2 unspecified atom stereocenters. The van der Waals surface area contributed by atoms with Crippen LogP contribution in [0.15, 0.2) is 54.9 Å². The normalized spacial score (nSPS) is 19.1. The Morgan fingerprint density at radius 3 is 2.02 bits per heavy atom. The van der Waals surface area contributed by atoms with E-state index in [0.29, 0.717) is 26.7 Å². The minimum atomic E-state index is -1.28. The first-order valence-corrected chi connectivity index (χ1v) is 28.0. The van der Waals surface area contributed by atoms with E-state index < -0.39 is 21.7 Å². The summed E-state index contributed by atoms with van der Waals surface area (Å²) in [5.74, 6) is 1.10. The quantitative estimate of drug-likeness (QED) is 0.0535. The van der Waals surface area contributed by atoms with Gasteiger partial charge >= 0.3 is 6.09 Å². The lowest BCUT2D eigenvalue weighted by Gasteiger charge is -2.39. The van der Waals surface area contributed by atoms with Crippen molar-refractivity contribution in [3.05, 3.63) is 64.1 Å². The third kappa shape index (κ3) is 10.1. The number of rotatable bonds is 14. The van der Waals surface area contributed by atoms with E-state index in [4.69, 9.17) is 29.3 Å². The molecule has 0 radical (unpaired) electrons. The number of amides is 1. The minimum absolute atomic E-state index is 0.117. The summed E-state index contributed by atoms with van der Waals surface area (Å²) in [6.07, 6.45) is 7.27. The van der Waals surface area contributed by atoms with Gasteiger partial charge in [0.1, 0.15) is 19.1 Å². The molecule has 2 saturated heterocycles. The Bertz CT molecular complexity index is 1850. The first-order chi connectivity index (χ1) is 25.5. The molecular formula is C41H59IN6O4Si2. The van der Waals surface area contributed by atoms with Gasteiger partial charge in [-0.2, -0.15) is 9.61 Å². The maximum atomic E-state index is 13.4. The average Bonchev–Trinajstić information content (AvgIpc) is 3.63. The lowest BCUT2D eigenvalue weighted by atomic mass is 9.88. The Labute approximate surface area is 337 Å². The monoisotopic (exact) mass is 882 g/mol. The lowest BCUT2D eigenvalue weighted by molar-refractivity contribution is 0.00566. The van der Waals surface area contributed by atoms with Gasteiger partial charge in [-0.1, -0.05) is 75.7 Å². The third-order valence-corrected chi connectivity index (χ3v) is 14.7. The largest absolute Gasteiger partial charge is 0.444 e. The highest BCUT2D eigenvalue weighted by molar-refractivity contribution is 14.1. The van der Waals surface area contributed by atoms with E-state index >= 15 is 0 Å². The second-order valence-corrected chi connectivity index (χ2v) is 30.7. The van der Waals surface area contributed by atoms with Crippen LogP contribution in [0.2, 0.25) is 51.4 Å². The molecule has 3 atom stereocenters. The summed E-state index contributed by atoms with van der Waals surface area (Å²) < 4.78 is 21.8. The van der Waals surface area contributed by atoms with Gasteiger partial charge in [0.2, 0.25) is 0 Å². The van der Waals surface area contributed by atoms with E-state index in [1.54, 1.807) is 0 Å². The number of fused-ring (bicyclic) bond motifs is 3. The molecule has 2 aliphatic heterocycles. The zero-order valence-corrected chi connectivity index (χ0v) is 37.9. The van der Waals surface area contributed by atoms with Crippen LogP contribution in [0.25, 0.3) is 28.0 Å². The highest BCUT2D eigenvalue weighted by Crippen LogP contribution is 2.46. The zero-order chi connectivity index (χ0) is 38.8. The number of halogens is 1. The molecule has 1 aromatic carbocycles. The van der Waals surface area contributed by atoms with Crippen LogP contribution in [-0.4, -0.2) is 91.1 Å². The summed E-state index contributed by atoms with van der Waals surface area (Å²) in [4.78, 5) is 27.9. The number of anilines is 1. The molecular weight excluding hydrogens is 824 g/mol. The van der Waals surface area contributed by atoms with Gasteiger partial charge in [-0.3, -0.25) is 4.98 Å². The predicted molar refractivity (Wildman–Crippen MR) is 232 cm³/mol. The molecule has 0 aliphatic carbocycles. The number of carbonyl (C=O) groups is 1. The minimum Gasteiger partial charge on any atom is -0.444 e. The van der Waals surface area contributed by atoms with Gasteiger partial charge in [0.05, 0.1) is 21.2 Å². The molecule has 292 valence electrons. The molecule has 2 aliphatic rings. The molecule has 0 spiro atoms. The van der Waals surface area contributed by atoms with E-state index in [1.807, 2.05) is 60.8 Å². The van der Waals surface area contributed by atoms with Crippen molar-refractivity contribution in [1.29, 1.82) is 0 Å². The zero-order valence-electron chi connectivity index (χ0n) is 33.7. The smallest absolute Gasteiger partial charge is 0.410 e. The van der Waals surface area contributed by atoms with Gasteiger partial charge in [0, 0.05) is 70.3 Å². The van der Waals surface area contributed by atoms with Gasteiger partial charge in [-0.25, -0.2) is 9.78 Å². The Hall–Kier alpha value is -2.86. The molecule has 1 amide bonds. The van der Waals surface area contributed by atoms with Gasteiger partial charge < -0.3 is 24.0 Å². The Morgan fingerprint density at radius 1 is 0.870 bits per heavy atom. The number of aromatic nitrogens is 4. The van der Waals surface area contributed by atoms with Crippen LogP contribution in [-0.2, 0) is 14.2 Å². The van der Waals surface area contributed by atoms with Crippen LogP contribution >= 0.6 is 22.6 Å². The summed E-state index contributed by atoms with van der Waals surface area (Å²) in [5, 5.41) is 5.00. The number of piperidine rings is 1. The van der Waals surface area contributed by atoms with Crippen molar-refractivity contribution in [2.24, 2.45) is 0 Å². The summed E-state index contributed by atoms with van der Waals surface area (Å²) in [6.45, 7) is 22.3. The highest BCUT2D eigenvalue weighted by atomic mass is 127. The Morgan fingerprint density at radius 2 is 1.48 bits per heavy atom. The number of hydrogen-bond donors (Lipinski definition) is 0. The third-order valence-electron chi connectivity index (χ3n) is 10.2. The predicted octanol–water partition coefficient (Wildman–Crippen LogP) is 10.1. The fourth-order valence-corrected chi connectivity index (χ4v) is 9.98. The van der Waals surface area contributed by atoms with Gasteiger partial charge in [0.25, 0.3) is 0 Å². The second-order valence-electron chi connectivity index (χ2n) is 18.4.